The highest BCUT2D eigenvalue weighted by Crippen LogP contribution is 2.18. The first-order valence-electron chi connectivity index (χ1n) is 5.24. The highest BCUT2D eigenvalue weighted by molar-refractivity contribution is 5.96. The SMILES string of the molecule is Cc1cccc(F)c1C(=O)N1CCCC1. The van der Waals surface area contributed by atoms with Crippen molar-refractivity contribution in [2.24, 2.45) is 0 Å². The number of halogens is 1. The van der Waals surface area contributed by atoms with Crippen LogP contribution in [0.4, 0.5) is 4.39 Å². The van der Waals surface area contributed by atoms with Gasteiger partial charge in [0.05, 0.1) is 5.56 Å². The summed E-state index contributed by atoms with van der Waals surface area (Å²) in [6.07, 6.45) is 2.05. The second-order valence-electron chi connectivity index (χ2n) is 3.93. The molecule has 1 aromatic rings. The van der Waals surface area contributed by atoms with Crippen LogP contribution in [0.25, 0.3) is 0 Å². The maximum absolute atomic E-state index is 13.5. The van der Waals surface area contributed by atoms with Gasteiger partial charge < -0.3 is 4.90 Å². The van der Waals surface area contributed by atoms with E-state index in [1.807, 2.05) is 0 Å². The van der Waals surface area contributed by atoms with E-state index in [-0.39, 0.29) is 11.5 Å². The smallest absolute Gasteiger partial charge is 0.257 e. The fourth-order valence-electron chi connectivity index (χ4n) is 1.98. The number of likely N-dealkylation sites (tertiary alicyclic amines) is 1. The quantitative estimate of drug-likeness (QED) is 0.692. The molecule has 1 aliphatic heterocycles. The Morgan fingerprint density at radius 1 is 1.33 bits per heavy atom. The Labute approximate surface area is 88.7 Å². The van der Waals surface area contributed by atoms with Gasteiger partial charge in [0, 0.05) is 13.1 Å². The van der Waals surface area contributed by atoms with E-state index in [1.165, 1.54) is 6.07 Å². The Kier molecular flexibility index (Phi) is 2.71. The predicted octanol–water partition coefficient (Wildman–Crippen LogP) is 2.37. The van der Waals surface area contributed by atoms with Gasteiger partial charge in [-0.1, -0.05) is 12.1 Å². The van der Waals surface area contributed by atoms with Gasteiger partial charge in [-0.3, -0.25) is 4.79 Å². The van der Waals surface area contributed by atoms with E-state index in [9.17, 15) is 9.18 Å². The zero-order valence-corrected chi connectivity index (χ0v) is 8.79. The van der Waals surface area contributed by atoms with Crippen LogP contribution in [0, 0.1) is 12.7 Å². The molecule has 0 spiro atoms. The molecule has 1 aromatic carbocycles. The van der Waals surface area contributed by atoms with Crippen molar-refractivity contribution in [3.8, 4) is 0 Å². The Bertz CT molecular complexity index is 363. The third-order valence-corrected chi connectivity index (χ3v) is 2.83. The number of aryl methyl sites for hydroxylation is 1. The molecule has 3 heteroatoms. The van der Waals surface area contributed by atoms with Gasteiger partial charge in [-0.25, -0.2) is 4.39 Å². The summed E-state index contributed by atoms with van der Waals surface area (Å²) in [5.41, 5.74) is 0.950. The first kappa shape index (κ1) is 10.1. The Morgan fingerprint density at radius 2 is 2.00 bits per heavy atom. The van der Waals surface area contributed by atoms with Gasteiger partial charge in [-0.15, -0.1) is 0 Å². The van der Waals surface area contributed by atoms with Gasteiger partial charge in [0.1, 0.15) is 5.82 Å². The summed E-state index contributed by atoms with van der Waals surface area (Å²) >= 11 is 0. The average Bonchev–Trinajstić information content (AvgIpc) is 2.69. The number of carbonyl (C=O) groups is 1. The lowest BCUT2D eigenvalue weighted by molar-refractivity contribution is 0.0787. The van der Waals surface area contributed by atoms with Gasteiger partial charge in [-0.05, 0) is 31.4 Å². The van der Waals surface area contributed by atoms with Crippen molar-refractivity contribution in [2.75, 3.05) is 13.1 Å². The number of benzene rings is 1. The van der Waals surface area contributed by atoms with Gasteiger partial charge in [0.2, 0.25) is 0 Å². The maximum Gasteiger partial charge on any atom is 0.257 e. The molecular weight excluding hydrogens is 193 g/mol. The number of hydrogen-bond acceptors (Lipinski definition) is 1. The van der Waals surface area contributed by atoms with Crippen LogP contribution in [0.5, 0.6) is 0 Å². The number of amides is 1. The molecule has 0 N–H and O–H groups in total. The summed E-state index contributed by atoms with van der Waals surface area (Å²) in [6, 6.07) is 4.74. The summed E-state index contributed by atoms with van der Waals surface area (Å²) in [6.45, 7) is 3.28. The third-order valence-electron chi connectivity index (χ3n) is 2.83. The summed E-state index contributed by atoms with van der Waals surface area (Å²) in [7, 11) is 0. The van der Waals surface area contributed by atoms with Crippen molar-refractivity contribution in [3.63, 3.8) is 0 Å². The number of hydrogen-bond donors (Lipinski definition) is 0. The molecule has 2 rings (SSSR count). The minimum absolute atomic E-state index is 0.164. The second-order valence-corrected chi connectivity index (χ2v) is 3.93. The van der Waals surface area contributed by atoms with E-state index in [1.54, 1.807) is 24.0 Å². The molecule has 0 atom stereocenters. The molecule has 0 radical (unpaired) electrons. The molecule has 0 unspecified atom stereocenters. The van der Waals surface area contributed by atoms with Gasteiger partial charge in [-0.2, -0.15) is 0 Å². The van der Waals surface area contributed by atoms with Crippen LogP contribution in [-0.2, 0) is 0 Å². The second kappa shape index (κ2) is 4.01. The van der Waals surface area contributed by atoms with Crippen molar-refractivity contribution in [1.82, 2.24) is 4.90 Å². The molecule has 0 aliphatic carbocycles. The fraction of sp³-hybridized carbons (Fsp3) is 0.417. The average molecular weight is 207 g/mol. The molecule has 0 saturated carbocycles. The topological polar surface area (TPSA) is 20.3 Å². The van der Waals surface area contributed by atoms with Crippen molar-refractivity contribution in [1.29, 1.82) is 0 Å². The van der Waals surface area contributed by atoms with E-state index in [4.69, 9.17) is 0 Å². The maximum atomic E-state index is 13.5. The van der Waals surface area contributed by atoms with Crippen LogP contribution in [0.1, 0.15) is 28.8 Å². The highest BCUT2D eigenvalue weighted by Gasteiger charge is 2.23. The minimum atomic E-state index is -0.410. The first-order chi connectivity index (χ1) is 7.20. The van der Waals surface area contributed by atoms with Gasteiger partial charge in [0.25, 0.3) is 5.91 Å². The molecule has 1 heterocycles. The van der Waals surface area contributed by atoms with E-state index < -0.39 is 5.82 Å². The van der Waals surface area contributed by atoms with Crippen LogP contribution < -0.4 is 0 Å². The first-order valence-corrected chi connectivity index (χ1v) is 5.24. The lowest BCUT2D eigenvalue weighted by Crippen LogP contribution is -2.29. The molecule has 2 nitrogen and oxygen atoms in total. The lowest BCUT2D eigenvalue weighted by atomic mass is 10.1. The van der Waals surface area contributed by atoms with E-state index in [0.717, 1.165) is 25.9 Å². The Morgan fingerprint density at radius 3 is 2.60 bits per heavy atom. The normalized spacial score (nSPS) is 15.7. The summed E-state index contributed by atoms with van der Waals surface area (Å²) in [4.78, 5) is 13.7. The molecule has 1 fully saturated rings. The third kappa shape index (κ3) is 1.87. The van der Waals surface area contributed by atoms with Crippen LogP contribution in [0.3, 0.4) is 0 Å². The molecule has 80 valence electrons. The van der Waals surface area contributed by atoms with Crippen molar-refractivity contribution in [2.45, 2.75) is 19.8 Å². The number of carbonyl (C=O) groups excluding carboxylic acids is 1. The van der Waals surface area contributed by atoms with E-state index >= 15 is 0 Å². The van der Waals surface area contributed by atoms with Crippen molar-refractivity contribution in [3.05, 3.63) is 35.1 Å². The Balaban J connectivity index is 2.32. The van der Waals surface area contributed by atoms with Crippen LogP contribution in [-0.4, -0.2) is 23.9 Å². The Hall–Kier alpha value is -1.38. The summed E-state index contributed by atoms with van der Waals surface area (Å²) < 4.78 is 13.5. The van der Waals surface area contributed by atoms with Crippen molar-refractivity contribution < 1.29 is 9.18 Å². The monoisotopic (exact) mass is 207 g/mol. The highest BCUT2D eigenvalue weighted by atomic mass is 19.1. The van der Waals surface area contributed by atoms with Gasteiger partial charge in [0.15, 0.2) is 0 Å². The van der Waals surface area contributed by atoms with Crippen LogP contribution >= 0.6 is 0 Å². The summed E-state index contributed by atoms with van der Waals surface area (Å²) in [5.74, 6) is -0.574. The largest absolute Gasteiger partial charge is 0.339 e. The van der Waals surface area contributed by atoms with E-state index in [0.29, 0.717) is 5.56 Å². The molecular formula is C12H14FNO. The molecule has 1 aliphatic rings. The molecule has 0 aromatic heterocycles. The van der Waals surface area contributed by atoms with Crippen LogP contribution in [0.2, 0.25) is 0 Å². The zero-order chi connectivity index (χ0) is 10.8. The molecule has 0 bridgehead atoms. The van der Waals surface area contributed by atoms with E-state index in [2.05, 4.69) is 0 Å². The molecule has 15 heavy (non-hydrogen) atoms. The number of nitrogens with zero attached hydrogens (tertiary/aromatic N) is 1. The van der Waals surface area contributed by atoms with Gasteiger partial charge >= 0.3 is 0 Å². The molecule has 1 amide bonds. The van der Waals surface area contributed by atoms with Crippen molar-refractivity contribution >= 4 is 5.91 Å². The zero-order valence-electron chi connectivity index (χ0n) is 8.79. The van der Waals surface area contributed by atoms with Crippen LogP contribution in [0.15, 0.2) is 18.2 Å². The minimum Gasteiger partial charge on any atom is -0.339 e. The number of rotatable bonds is 1. The molecule has 1 saturated heterocycles. The fourth-order valence-corrected chi connectivity index (χ4v) is 1.98. The lowest BCUT2D eigenvalue weighted by Gasteiger charge is -2.16. The standard InChI is InChI=1S/C12H14FNO/c1-9-5-4-6-10(13)11(9)12(15)14-7-2-3-8-14/h4-6H,2-3,7-8H2,1H3. The summed E-state index contributed by atoms with van der Waals surface area (Å²) in [5, 5.41) is 0. The predicted molar refractivity (Wildman–Crippen MR) is 56.3 cm³/mol.